The van der Waals surface area contributed by atoms with Crippen LogP contribution in [0.25, 0.3) is 0 Å². The fourth-order valence-electron chi connectivity index (χ4n) is 2.22. The number of thioether (sulfide) groups is 1. The molecule has 140 valence electrons. The second kappa shape index (κ2) is 9.86. The largest absolute Gasteiger partial charge is 0.494 e. The fraction of sp³-hybridized carbons (Fsp3) is 0.389. The van der Waals surface area contributed by atoms with E-state index in [9.17, 15) is 14.4 Å². The summed E-state index contributed by atoms with van der Waals surface area (Å²) in [4.78, 5) is 37.0. The van der Waals surface area contributed by atoms with Gasteiger partial charge in [-0.1, -0.05) is 11.8 Å². The number of nitrogens with zero attached hydrogens (tertiary/aromatic N) is 1. The Bertz CT molecular complexity index is 685. The molecule has 0 N–H and O–H groups in total. The highest BCUT2D eigenvalue weighted by Gasteiger charge is 2.27. The van der Waals surface area contributed by atoms with Crippen LogP contribution in [0.15, 0.2) is 35.4 Å². The third-order valence-electron chi connectivity index (χ3n) is 3.39. The van der Waals surface area contributed by atoms with Gasteiger partial charge >= 0.3 is 11.9 Å². The van der Waals surface area contributed by atoms with E-state index in [0.29, 0.717) is 22.9 Å². The van der Waals surface area contributed by atoms with Gasteiger partial charge in [0, 0.05) is 0 Å². The Kier molecular flexibility index (Phi) is 7.53. The molecule has 0 aliphatic carbocycles. The summed E-state index contributed by atoms with van der Waals surface area (Å²) in [6.45, 7) is 4.61. The number of carbonyl (C=O) groups is 3. The van der Waals surface area contributed by atoms with Crippen LogP contribution < -0.4 is 4.74 Å². The van der Waals surface area contributed by atoms with Crippen molar-refractivity contribution in [2.45, 2.75) is 13.8 Å². The van der Waals surface area contributed by atoms with Crippen molar-refractivity contribution in [1.29, 1.82) is 0 Å². The van der Waals surface area contributed by atoms with Crippen molar-refractivity contribution in [1.82, 2.24) is 4.90 Å². The summed E-state index contributed by atoms with van der Waals surface area (Å²) in [7, 11) is 0. The maximum Gasteiger partial charge on any atom is 0.338 e. The molecular weight excluding hydrogens is 358 g/mol. The molecule has 1 heterocycles. The van der Waals surface area contributed by atoms with E-state index in [2.05, 4.69) is 0 Å². The second-order valence-corrected chi connectivity index (χ2v) is 6.16. The summed E-state index contributed by atoms with van der Waals surface area (Å²) >= 11 is 1.26. The van der Waals surface area contributed by atoms with Crippen LogP contribution in [0.3, 0.4) is 0 Å². The molecule has 0 aromatic heterocycles. The highest BCUT2D eigenvalue weighted by Crippen LogP contribution is 2.28. The lowest BCUT2D eigenvalue weighted by atomic mass is 10.2. The van der Waals surface area contributed by atoms with Crippen molar-refractivity contribution in [3.8, 4) is 5.75 Å². The maximum absolute atomic E-state index is 12.1. The smallest absolute Gasteiger partial charge is 0.338 e. The van der Waals surface area contributed by atoms with Gasteiger partial charge in [0.05, 0.1) is 42.2 Å². The van der Waals surface area contributed by atoms with Crippen LogP contribution in [-0.2, 0) is 19.1 Å². The summed E-state index contributed by atoms with van der Waals surface area (Å²) in [5.74, 6) is -0.192. The normalized spacial score (nSPS) is 15.2. The van der Waals surface area contributed by atoms with Crippen LogP contribution >= 0.6 is 11.8 Å². The van der Waals surface area contributed by atoms with Gasteiger partial charge in [0.1, 0.15) is 12.4 Å². The number of carbonyl (C=O) groups excluding carboxylic acids is 3. The van der Waals surface area contributed by atoms with Crippen LogP contribution in [0.2, 0.25) is 0 Å². The van der Waals surface area contributed by atoms with Crippen LogP contribution in [-0.4, -0.2) is 54.9 Å². The van der Waals surface area contributed by atoms with E-state index < -0.39 is 11.9 Å². The number of ether oxygens (including phenoxy) is 3. The molecule has 1 aromatic carbocycles. The molecule has 0 spiro atoms. The number of esters is 2. The topological polar surface area (TPSA) is 82.1 Å². The molecule has 2 rings (SSSR count). The van der Waals surface area contributed by atoms with Crippen molar-refractivity contribution < 1.29 is 28.6 Å². The van der Waals surface area contributed by atoms with Crippen molar-refractivity contribution >= 4 is 29.6 Å². The third-order valence-corrected chi connectivity index (χ3v) is 4.41. The Morgan fingerprint density at radius 2 is 1.88 bits per heavy atom. The molecule has 1 aromatic rings. The van der Waals surface area contributed by atoms with Crippen LogP contribution in [0.5, 0.6) is 5.75 Å². The molecule has 1 aliphatic heterocycles. The number of hydrogen-bond donors (Lipinski definition) is 0. The van der Waals surface area contributed by atoms with Gasteiger partial charge in [-0.25, -0.2) is 9.59 Å². The van der Waals surface area contributed by atoms with Crippen molar-refractivity contribution in [2.24, 2.45) is 0 Å². The Labute approximate surface area is 156 Å². The first kappa shape index (κ1) is 19.8. The van der Waals surface area contributed by atoms with Crippen molar-refractivity contribution in [3.63, 3.8) is 0 Å². The molecule has 0 unspecified atom stereocenters. The average molecular weight is 379 g/mol. The van der Waals surface area contributed by atoms with Gasteiger partial charge in [0.25, 0.3) is 0 Å². The molecule has 1 aliphatic rings. The molecule has 26 heavy (non-hydrogen) atoms. The quantitative estimate of drug-likeness (QED) is 0.506. The van der Waals surface area contributed by atoms with Gasteiger partial charge in [-0.05, 0) is 38.1 Å². The zero-order chi connectivity index (χ0) is 18.9. The zero-order valence-corrected chi connectivity index (χ0v) is 15.5. The van der Waals surface area contributed by atoms with E-state index in [1.54, 1.807) is 31.2 Å². The summed E-state index contributed by atoms with van der Waals surface area (Å²) < 4.78 is 15.4. The van der Waals surface area contributed by atoms with Crippen molar-refractivity contribution in [3.05, 3.63) is 40.9 Å². The minimum atomic E-state index is -0.499. The molecule has 1 fully saturated rings. The van der Waals surface area contributed by atoms with E-state index >= 15 is 0 Å². The summed E-state index contributed by atoms with van der Waals surface area (Å²) in [5, 5.41) is 0.505. The van der Waals surface area contributed by atoms with Gasteiger partial charge < -0.3 is 19.1 Å². The minimum Gasteiger partial charge on any atom is -0.494 e. The van der Waals surface area contributed by atoms with E-state index in [1.165, 1.54) is 22.7 Å². The zero-order valence-electron chi connectivity index (χ0n) is 14.7. The number of amides is 1. The lowest BCUT2D eigenvalue weighted by molar-refractivity contribution is -0.137. The summed E-state index contributed by atoms with van der Waals surface area (Å²) in [6, 6.07) is 6.63. The predicted octanol–water partition coefficient (Wildman–Crippen LogP) is 2.22. The molecule has 8 heteroatoms. The second-order valence-electron chi connectivity index (χ2n) is 5.16. The Hall–Kier alpha value is -2.48. The first-order valence-electron chi connectivity index (χ1n) is 8.26. The molecule has 1 amide bonds. The molecule has 1 saturated heterocycles. The Morgan fingerprint density at radius 3 is 2.54 bits per heavy atom. The van der Waals surface area contributed by atoms with E-state index in [4.69, 9.17) is 14.2 Å². The SMILES string of the molecule is CCOC(=O)/C=C1\SCC(=O)N1CCOC(=O)c1ccc(OCC)cc1. The molecule has 0 bridgehead atoms. The first-order chi connectivity index (χ1) is 12.5. The standard InChI is InChI=1S/C18H21NO6S/c1-3-23-14-7-5-13(6-8-14)18(22)25-10-9-19-15(20)12-26-16(19)11-17(21)24-4-2/h5-8,11H,3-4,9-10,12H2,1-2H3/b16-11-. The minimum absolute atomic E-state index is 0.0263. The number of rotatable bonds is 8. The monoisotopic (exact) mass is 379 g/mol. The van der Waals surface area contributed by atoms with Crippen molar-refractivity contribution in [2.75, 3.05) is 32.1 Å². The van der Waals surface area contributed by atoms with E-state index in [-0.39, 0.29) is 31.4 Å². The van der Waals surface area contributed by atoms with Gasteiger partial charge in [-0.15, -0.1) is 0 Å². The molecule has 0 atom stereocenters. The van der Waals surface area contributed by atoms with E-state index in [1.807, 2.05) is 6.92 Å². The third kappa shape index (κ3) is 5.52. The lowest BCUT2D eigenvalue weighted by Crippen LogP contribution is -2.29. The molecule has 0 radical (unpaired) electrons. The van der Waals surface area contributed by atoms with E-state index in [0.717, 1.165) is 0 Å². The summed E-state index contributed by atoms with van der Waals surface area (Å²) in [6.07, 6.45) is 1.29. The number of benzene rings is 1. The first-order valence-corrected chi connectivity index (χ1v) is 9.25. The average Bonchev–Trinajstić information content (AvgIpc) is 2.96. The number of hydrogen-bond acceptors (Lipinski definition) is 7. The fourth-order valence-corrected chi connectivity index (χ4v) is 3.18. The Morgan fingerprint density at radius 1 is 1.15 bits per heavy atom. The highest BCUT2D eigenvalue weighted by atomic mass is 32.2. The predicted molar refractivity (Wildman–Crippen MR) is 96.8 cm³/mol. The van der Waals surface area contributed by atoms with Gasteiger partial charge in [-0.3, -0.25) is 4.79 Å². The van der Waals surface area contributed by atoms with Gasteiger partial charge in [0.2, 0.25) is 5.91 Å². The summed E-state index contributed by atoms with van der Waals surface area (Å²) in [5.41, 5.74) is 0.401. The van der Waals surface area contributed by atoms with Gasteiger partial charge in [0.15, 0.2) is 0 Å². The maximum atomic E-state index is 12.1. The van der Waals surface area contributed by atoms with Gasteiger partial charge in [-0.2, -0.15) is 0 Å². The molecule has 0 saturated carbocycles. The van der Waals surface area contributed by atoms with Crippen LogP contribution in [0.4, 0.5) is 0 Å². The molecular formula is C18H21NO6S. The molecule has 7 nitrogen and oxygen atoms in total. The van der Waals surface area contributed by atoms with Crippen LogP contribution in [0, 0.1) is 0 Å². The Balaban J connectivity index is 1.87. The van der Waals surface area contributed by atoms with Crippen LogP contribution in [0.1, 0.15) is 24.2 Å². The lowest BCUT2D eigenvalue weighted by Gasteiger charge is -2.16. The highest BCUT2D eigenvalue weighted by molar-refractivity contribution is 8.04.